The summed E-state index contributed by atoms with van der Waals surface area (Å²) in [5.74, 6) is -0.0147. The third kappa shape index (κ3) is 5.18. The normalized spacial score (nSPS) is 16.4. The molecule has 168 valence electrons. The van der Waals surface area contributed by atoms with Crippen LogP contribution in [0.25, 0.3) is 10.9 Å². The van der Waals surface area contributed by atoms with Crippen molar-refractivity contribution >= 4 is 23.0 Å². The number of benzene rings is 1. The predicted octanol–water partition coefficient (Wildman–Crippen LogP) is 3.59. The molecule has 1 atom stereocenters. The second-order valence-electron chi connectivity index (χ2n) is 8.51. The quantitative estimate of drug-likeness (QED) is 0.674. The van der Waals surface area contributed by atoms with Gasteiger partial charge < -0.3 is 23.7 Å². The van der Waals surface area contributed by atoms with Gasteiger partial charge in [-0.15, -0.1) is 0 Å². The van der Waals surface area contributed by atoms with Crippen LogP contribution in [0.4, 0.5) is 4.79 Å². The number of carbonyl (C=O) groups is 2. The molecule has 0 N–H and O–H groups in total. The molecular weight excluding hydrogens is 400 g/mol. The highest BCUT2D eigenvalue weighted by atomic mass is 16.6. The van der Waals surface area contributed by atoms with Crippen LogP contribution in [0, 0.1) is 0 Å². The van der Waals surface area contributed by atoms with E-state index in [2.05, 4.69) is 0 Å². The molecule has 1 amide bonds. The molecular formula is C23H30N2O6. The molecule has 0 spiro atoms. The van der Waals surface area contributed by atoms with Crippen LogP contribution in [0.5, 0.6) is 5.75 Å². The van der Waals surface area contributed by atoms with Gasteiger partial charge >= 0.3 is 12.1 Å². The van der Waals surface area contributed by atoms with E-state index >= 15 is 0 Å². The van der Waals surface area contributed by atoms with Crippen LogP contribution in [0.15, 0.2) is 29.2 Å². The third-order valence-corrected chi connectivity index (χ3v) is 4.99. The van der Waals surface area contributed by atoms with Crippen LogP contribution < -0.4 is 10.2 Å². The van der Waals surface area contributed by atoms with Gasteiger partial charge in [-0.05, 0) is 46.8 Å². The Bertz CT molecular complexity index is 1040. The Hall–Kier alpha value is -3.03. The van der Waals surface area contributed by atoms with Crippen molar-refractivity contribution in [1.82, 2.24) is 9.47 Å². The zero-order valence-electron chi connectivity index (χ0n) is 18.8. The first-order chi connectivity index (χ1) is 14.6. The summed E-state index contributed by atoms with van der Waals surface area (Å²) in [6.07, 6.45) is 1.72. The fourth-order valence-corrected chi connectivity index (χ4v) is 3.57. The lowest BCUT2D eigenvalue weighted by molar-refractivity contribution is 0.0275. The largest absolute Gasteiger partial charge is 0.488 e. The molecule has 8 nitrogen and oxygen atoms in total. The summed E-state index contributed by atoms with van der Waals surface area (Å²) in [5.41, 5.74) is -0.198. The summed E-state index contributed by atoms with van der Waals surface area (Å²) >= 11 is 0. The van der Waals surface area contributed by atoms with Crippen molar-refractivity contribution in [1.29, 1.82) is 0 Å². The number of fused-ring (bicyclic) bond motifs is 1. The van der Waals surface area contributed by atoms with Gasteiger partial charge in [-0.25, -0.2) is 9.59 Å². The van der Waals surface area contributed by atoms with Crippen molar-refractivity contribution in [3.63, 3.8) is 0 Å². The Kier molecular flexibility index (Phi) is 6.57. The molecule has 1 aliphatic heterocycles. The number of amides is 1. The number of aromatic nitrogens is 1. The molecule has 31 heavy (non-hydrogen) atoms. The molecule has 1 aliphatic rings. The molecule has 1 fully saturated rings. The number of likely N-dealkylation sites (tertiary alicyclic amines) is 1. The minimum Gasteiger partial charge on any atom is -0.488 e. The Labute approximate surface area is 181 Å². The van der Waals surface area contributed by atoms with Crippen LogP contribution >= 0.6 is 0 Å². The number of nitrogens with zero attached hydrogens (tertiary/aromatic N) is 2. The lowest BCUT2D eigenvalue weighted by Crippen LogP contribution is -2.36. The summed E-state index contributed by atoms with van der Waals surface area (Å²) in [7, 11) is 0. The number of rotatable bonds is 5. The minimum atomic E-state index is -0.620. The number of esters is 1. The highest BCUT2D eigenvalue weighted by Gasteiger charge is 2.31. The van der Waals surface area contributed by atoms with Crippen LogP contribution in [0.3, 0.4) is 0 Å². The van der Waals surface area contributed by atoms with Crippen molar-refractivity contribution in [3.8, 4) is 5.75 Å². The van der Waals surface area contributed by atoms with Gasteiger partial charge in [-0.2, -0.15) is 0 Å². The van der Waals surface area contributed by atoms with Gasteiger partial charge in [0.25, 0.3) is 0 Å². The Morgan fingerprint density at radius 1 is 1.19 bits per heavy atom. The van der Waals surface area contributed by atoms with Gasteiger partial charge in [0.1, 0.15) is 23.0 Å². The van der Waals surface area contributed by atoms with E-state index < -0.39 is 11.6 Å². The minimum absolute atomic E-state index is 0.0219. The summed E-state index contributed by atoms with van der Waals surface area (Å²) in [5, 5.41) is 0.432. The maximum absolute atomic E-state index is 12.8. The Balaban J connectivity index is 1.80. The maximum Gasteiger partial charge on any atom is 0.410 e. The molecule has 3 rings (SSSR count). The van der Waals surface area contributed by atoms with E-state index in [1.54, 1.807) is 30.0 Å². The predicted molar refractivity (Wildman–Crippen MR) is 117 cm³/mol. The number of hydrogen-bond acceptors (Lipinski definition) is 6. The molecule has 0 bridgehead atoms. The highest BCUT2D eigenvalue weighted by molar-refractivity contribution is 5.94. The number of ether oxygens (including phenoxy) is 3. The number of aryl methyl sites for hydroxylation is 1. The van der Waals surface area contributed by atoms with Crippen LogP contribution in [0.2, 0.25) is 0 Å². The average molecular weight is 431 g/mol. The van der Waals surface area contributed by atoms with Gasteiger partial charge in [0.15, 0.2) is 0 Å². The smallest absolute Gasteiger partial charge is 0.410 e. The SMILES string of the molecule is CCOC(=O)c1cn(CC)c2cc(O[C@H]3CCN(C(=O)OC(C)(C)C)C3)ccc2c1=O. The number of carbonyl (C=O) groups excluding carboxylic acids is 2. The number of pyridine rings is 1. The van der Waals surface area contributed by atoms with E-state index in [9.17, 15) is 14.4 Å². The van der Waals surface area contributed by atoms with Gasteiger partial charge in [0.05, 0.1) is 18.7 Å². The van der Waals surface area contributed by atoms with E-state index in [1.807, 2.05) is 32.3 Å². The zero-order valence-corrected chi connectivity index (χ0v) is 18.8. The monoisotopic (exact) mass is 430 g/mol. The number of hydrogen-bond donors (Lipinski definition) is 0. The summed E-state index contributed by atoms with van der Waals surface area (Å²) in [6.45, 7) is 10.9. The van der Waals surface area contributed by atoms with E-state index in [1.165, 1.54) is 6.20 Å². The molecule has 2 heterocycles. The molecule has 0 unspecified atom stereocenters. The standard InChI is InChI=1S/C23H30N2O6/c1-6-24-14-18(21(27)29-7-2)20(26)17-9-8-15(12-19(17)24)30-16-10-11-25(13-16)22(28)31-23(3,4)5/h8-9,12,14,16H,6-7,10-11,13H2,1-5H3/t16-/m0/s1. The first-order valence-electron chi connectivity index (χ1n) is 10.6. The molecule has 2 aromatic rings. The lowest BCUT2D eigenvalue weighted by atomic mass is 10.1. The van der Waals surface area contributed by atoms with Gasteiger partial charge in [0.2, 0.25) is 5.43 Å². The highest BCUT2D eigenvalue weighted by Crippen LogP contribution is 2.24. The van der Waals surface area contributed by atoms with Gasteiger partial charge in [-0.1, -0.05) is 0 Å². The third-order valence-electron chi connectivity index (χ3n) is 4.99. The van der Waals surface area contributed by atoms with Crippen molar-refractivity contribution < 1.29 is 23.8 Å². The molecule has 0 aliphatic carbocycles. The summed E-state index contributed by atoms with van der Waals surface area (Å²) in [6, 6.07) is 5.18. The van der Waals surface area contributed by atoms with E-state index in [-0.39, 0.29) is 29.8 Å². The fraction of sp³-hybridized carbons (Fsp3) is 0.522. The topological polar surface area (TPSA) is 87.1 Å². The average Bonchev–Trinajstić information content (AvgIpc) is 3.16. The Morgan fingerprint density at radius 2 is 1.94 bits per heavy atom. The van der Waals surface area contributed by atoms with Crippen molar-refractivity contribution in [2.24, 2.45) is 0 Å². The molecule has 1 aromatic heterocycles. The Morgan fingerprint density at radius 3 is 2.58 bits per heavy atom. The summed E-state index contributed by atoms with van der Waals surface area (Å²) < 4.78 is 18.4. The lowest BCUT2D eigenvalue weighted by Gasteiger charge is -2.24. The van der Waals surface area contributed by atoms with E-state index in [0.29, 0.717) is 42.7 Å². The van der Waals surface area contributed by atoms with Crippen molar-refractivity contribution in [3.05, 3.63) is 40.2 Å². The first kappa shape index (κ1) is 22.7. The summed E-state index contributed by atoms with van der Waals surface area (Å²) in [4.78, 5) is 38.8. The first-order valence-corrected chi connectivity index (χ1v) is 10.6. The van der Waals surface area contributed by atoms with Crippen LogP contribution in [0.1, 0.15) is 51.4 Å². The van der Waals surface area contributed by atoms with Crippen molar-refractivity contribution in [2.45, 2.75) is 59.3 Å². The van der Waals surface area contributed by atoms with Gasteiger partial charge in [-0.3, -0.25) is 4.79 Å². The molecule has 0 radical (unpaired) electrons. The molecule has 1 saturated heterocycles. The van der Waals surface area contributed by atoms with Gasteiger partial charge in [0, 0.05) is 37.2 Å². The zero-order chi connectivity index (χ0) is 22.8. The maximum atomic E-state index is 12.8. The van der Waals surface area contributed by atoms with Crippen LogP contribution in [-0.4, -0.2) is 52.9 Å². The second-order valence-corrected chi connectivity index (χ2v) is 8.51. The molecule has 1 aromatic carbocycles. The molecule has 0 saturated carbocycles. The molecule has 8 heteroatoms. The second kappa shape index (κ2) is 8.99. The van der Waals surface area contributed by atoms with Crippen molar-refractivity contribution in [2.75, 3.05) is 19.7 Å². The van der Waals surface area contributed by atoms with E-state index in [4.69, 9.17) is 14.2 Å². The van der Waals surface area contributed by atoms with Crippen LogP contribution in [-0.2, 0) is 16.0 Å². The fourth-order valence-electron chi connectivity index (χ4n) is 3.57. The van der Waals surface area contributed by atoms with E-state index in [0.717, 1.165) is 0 Å².